The summed E-state index contributed by atoms with van der Waals surface area (Å²) in [4.78, 5) is 14.2. The van der Waals surface area contributed by atoms with Crippen molar-refractivity contribution < 1.29 is 4.79 Å². The van der Waals surface area contributed by atoms with Gasteiger partial charge in [-0.25, -0.2) is 0 Å². The molecule has 0 saturated heterocycles. The molecule has 0 spiro atoms. The zero-order valence-corrected chi connectivity index (χ0v) is 12.5. The molecule has 106 valence electrons. The van der Waals surface area contributed by atoms with Gasteiger partial charge in [-0.2, -0.15) is 0 Å². The predicted molar refractivity (Wildman–Crippen MR) is 80.2 cm³/mol. The van der Waals surface area contributed by atoms with Gasteiger partial charge in [0.15, 0.2) is 0 Å². The third-order valence-electron chi connectivity index (χ3n) is 3.92. The van der Waals surface area contributed by atoms with E-state index in [1.165, 1.54) is 19.3 Å². The zero-order chi connectivity index (χ0) is 13.2. The van der Waals surface area contributed by atoms with Crippen molar-refractivity contribution in [2.45, 2.75) is 31.7 Å². The minimum Gasteiger partial charge on any atom is -0.344 e. The monoisotopic (exact) mass is 282 g/mol. The van der Waals surface area contributed by atoms with Gasteiger partial charge in [-0.1, -0.05) is 36.8 Å². The quantitative estimate of drug-likeness (QED) is 0.922. The van der Waals surface area contributed by atoms with E-state index in [1.807, 2.05) is 37.4 Å². The summed E-state index contributed by atoms with van der Waals surface area (Å²) < 4.78 is 0. The van der Waals surface area contributed by atoms with Gasteiger partial charge in [0.25, 0.3) is 0 Å². The van der Waals surface area contributed by atoms with Crippen LogP contribution >= 0.6 is 12.4 Å². The highest BCUT2D eigenvalue weighted by Gasteiger charge is 2.34. The molecule has 0 aliphatic heterocycles. The van der Waals surface area contributed by atoms with E-state index in [1.54, 1.807) is 11.8 Å². The number of halogens is 1. The standard InChI is InChI=1S/C15H22N2O.ClH/c1-15(16,13-9-4-3-5-10-13)14(18)17(2)11-12-7-6-8-12;/h3-5,9-10,12H,6-8,11,16H2,1-2H3;1H. The fourth-order valence-electron chi connectivity index (χ4n) is 2.45. The molecule has 1 aromatic rings. The van der Waals surface area contributed by atoms with Crippen LogP contribution in [0.4, 0.5) is 0 Å². The van der Waals surface area contributed by atoms with Crippen molar-refractivity contribution in [3.63, 3.8) is 0 Å². The van der Waals surface area contributed by atoms with Crippen LogP contribution in [0, 0.1) is 5.92 Å². The summed E-state index contributed by atoms with van der Waals surface area (Å²) in [5.41, 5.74) is 6.17. The lowest BCUT2D eigenvalue weighted by molar-refractivity contribution is -0.136. The maximum absolute atomic E-state index is 12.4. The molecule has 1 fully saturated rings. The van der Waals surface area contributed by atoms with E-state index in [0.29, 0.717) is 5.92 Å². The van der Waals surface area contributed by atoms with Gasteiger partial charge in [-0.05, 0) is 31.2 Å². The Balaban J connectivity index is 0.00000180. The molecule has 1 atom stereocenters. The normalized spacial score (nSPS) is 17.8. The third kappa shape index (κ3) is 3.48. The molecule has 1 aliphatic carbocycles. The number of nitrogens with two attached hydrogens (primary N) is 1. The van der Waals surface area contributed by atoms with Crippen molar-refractivity contribution in [2.24, 2.45) is 11.7 Å². The molecule has 2 N–H and O–H groups in total. The Morgan fingerprint density at radius 2 is 1.95 bits per heavy atom. The van der Waals surface area contributed by atoms with Crippen LogP contribution in [0.1, 0.15) is 31.7 Å². The summed E-state index contributed by atoms with van der Waals surface area (Å²) in [6.45, 7) is 2.63. The van der Waals surface area contributed by atoms with Crippen molar-refractivity contribution in [3.05, 3.63) is 35.9 Å². The number of carbonyl (C=O) groups is 1. The summed E-state index contributed by atoms with van der Waals surface area (Å²) in [7, 11) is 1.86. The second-order valence-electron chi connectivity index (χ2n) is 5.55. The molecule has 1 amide bonds. The molecule has 2 rings (SSSR count). The molecule has 1 aromatic carbocycles. The summed E-state index contributed by atoms with van der Waals surface area (Å²) in [6, 6.07) is 9.59. The van der Waals surface area contributed by atoms with Gasteiger partial charge in [-0.3, -0.25) is 4.79 Å². The Hall–Kier alpha value is -1.06. The molecule has 19 heavy (non-hydrogen) atoms. The Labute approximate surface area is 121 Å². The fourth-order valence-corrected chi connectivity index (χ4v) is 2.45. The molecular formula is C15H23ClN2O. The first-order valence-electron chi connectivity index (χ1n) is 6.62. The lowest BCUT2D eigenvalue weighted by atomic mass is 9.84. The highest BCUT2D eigenvalue weighted by atomic mass is 35.5. The number of hydrogen-bond acceptors (Lipinski definition) is 2. The lowest BCUT2D eigenvalue weighted by Crippen LogP contribution is -2.51. The number of benzene rings is 1. The second kappa shape index (κ2) is 6.40. The zero-order valence-electron chi connectivity index (χ0n) is 11.6. The van der Waals surface area contributed by atoms with Crippen LogP contribution in [0.5, 0.6) is 0 Å². The number of carbonyl (C=O) groups excluding carboxylic acids is 1. The first-order valence-corrected chi connectivity index (χ1v) is 6.62. The molecule has 1 unspecified atom stereocenters. The summed E-state index contributed by atoms with van der Waals surface area (Å²) in [5, 5.41) is 0. The number of hydrogen-bond donors (Lipinski definition) is 1. The van der Waals surface area contributed by atoms with Crippen LogP contribution in [0.15, 0.2) is 30.3 Å². The first-order chi connectivity index (χ1) is 8.51. The van der Waals surface area contributed by atoms with Crippen LogP contribution in [0.25, 0.3) is 0 Å². The van der Waals surface area contributed by atoms with Gasteiger partial charge in [0, 0.05) is 13.6 Å². The summed E-state index contributed by atoms with van der Waals surface area (Å²) in [5.74, 6) is 0.672. The molecule has 0 radical (unpaired) electrons. The van der Waals surface area contributed by atoms with Crippen LogP contribution in [0.3, 0.4) is 0 Å². The van der Waals surface area contributed by atoms with E-state index in [0.717, 1.165) is 12.1 Å². The van der Waals surface area contributed by atoms with Crippen LogP contribution in [-0.2, 0) is 10.3 Å². The smallest absolute Gasteiger partial charge is 0.246 e. The Morgan fingerprint density at radius 3 is 2.42 bits per heavy atom. The van der Waals surface area contributed by atoms with Crippen LogP contribution in [0.2, 0.25) is 0 Å². The topological polar surface area (TPSA) is 46.3 Å². The SMILES string of the molecule is CN(CC1CCC1)C(=O)C(C)(N)c1ccccc1.Cl. The molecule has 0 aromatic heterocycles. The van der Waals surface area contributed by atoms with Gasteiger partial charge in [0.1, 0.15) is 5.54 Å². The number of likely N-dealkylation sites (N-methyl/N-ethyl adjacent to an activating group) is 1. The van der Waals surface area contributed by atoms with E-state index >= 15 is 0 Å². The van der Waals surface area contributed by atoms with Crippen LogP contribution < -0.4 is 5.73 Å². The van der Waals surface area contributed by atoms with Crippen molar-refractivity contribution in [3.8, 4) is 0 Å². The van der Waals surface area contributed by atoms with E-state index in [2.05, 4.69) is 0 Å². The van der Waals surface area contributed by atoms with Crippen molar-refractivity contribution in [1.82, 2.24) is 4.90 Å². The molecule has 3 nitrogen and oxygen atoms in total. The Morgan fingerprint density at radius 1 is 1.37 bits per heavy atom. The van der Waals surface area contributed by atoms with Crippen molar-refractivity contribution in [2.75, 3.05) is 13.6 Å². The average molecular weight is 283 g/mol. The average Bonchev–Trinajstić information content (AvgIpc) is 2.33. The maximum Gasteiger partial charge on any atom is 0.246 e. The molecule has 1 saturated carbocycles. The van der Waals surface area contributed by atoms with Crippen molar-refractivity contribution >= 4 is 18.3 Å². The largest absolute Gasteiger partial charge is 0.344 e. The first kappa shape index (κ1) is 16.0. The lowest BCUT2D eigenvalue weighted by Gasteiger charge is -2.34. The molecular weight excluding hydrogens is 260 g/mol. The highest BCUT2D eigenvalue weighted by molar-refractivity contribution is 5.86. The van der Waals surface area contributed by atoms with Gasteiger partial charge < -0.3 is 10.6 Å². The Bertz CT molecular complexity index is 415. The minimum atomic E-state index is -0.931. The summed E-state index contributed by atoms with van der Waals surface area (Å²) >= 11 is 0. The molecule has 4 heteroatoms. The number of amides is 1. The van der Waals surface area contributed by atoms with E-state index in [-0.39, 0.29) is 18.3 Å². The number of rotatable bonds is 4. The van der Waals surface area contributed by atoms with Crippen molar-refractivity contribution in [1.29, 1.82) is 0 Å². The van der Waals surface area contributed by atoms with Gasteiger partial charge in [-0.15, -0.1) is 12.4 Å². The predicted octanol–water partition coefficient (Wildman–Crippen LogP) is 2.54. The van der Waals surface area contributed by atoms with E-state index < -0.39 is 5.54 Å². The minimum absolute atomic E-state index is 0. The third-order valence-corrected chi connectivity index (χ3v) is 3.92. The second-order valence-corrected chi connectivity index (χ2v) is 5.55. The van der Waals surface area contributed by atoms with Gasteiger partial charge >= 0.3 is 0 Å². The molecule has 0 heterocycles. The molecule has 0 bridgehead atoms. The van der Waals surface area contributed by atoms with Gasteiger partial charge in [0.2, 0.25) is 5.91 Å². The highest BCUT2D eigenvalue weighted by Crippen LogP contribution is 2.28. The summed E-state index contributed by atoms with van der Waals surface area (Å²) in [6.07, 6.45) is 3.78. The maximum atomic E-state index is 12.4. The fraction of sp³-hybridized carbons (Fsp3) is 0.533. The van der Waals surface area contributed by atoms with E-state index in [9.17, 15) is 4.79 Å². The Kier molecular flexibility index (Phi) is 5.39. The number of nitrogens with zero attached hydrogens (tertiary/aromatic N) is 1. The van der Waals surface area contributed by atoms with E-state index in [4.69, 9.17) is 5.73 Å². The van der Waals surface area contributed by atoms with Crippen LogP contribution in [-0.4, -0.2) is 24.4 Å². The van der Waals surface area contributed by atoms with Gasteiger partial charge in [0.05, 0.1) is 0 Å². The molecule has 1 aliphatic rings.